The number of hydrogen-bond donors (Lipinski definition) is 0. The number of esters is 4. The van der Waals surface area contributed by atoms with Crippen LogP contribution in [0.3, 0.4) is 0 Å². The molecule has 3 aliphatic rings. The monoisotopic (exact) mass is 653 g/mol. The second-order valence-electron chi connectivity index (χ2n) is 13.7. The molecule has 2 aromatic heterocycles. The Morgan fingerprint density at radius 2 is 1.70 bits per heavy atom. The Labute approximate surface area is 273 Å². The van der Waals surface area contributed by atoms with Gasteiger partial charge in [0, 0.05) is 62.5 Å². The van der Waals surface area contributed by atoms with Crippen LogP contribution in [-0.4, -0.2) is 53.3 Å². The molecule has 0 aromatic carbocycles. The van der Waals surface area contributed by atoms with Crippen molar-refractivity contribution in [2.24, 2.45) is 22.7 Å². The van der Waals surface area contributed by atoms with Crippen molar-refractivity contribution in [3.05, 3.63) is 46.6 Å². The van der Waals surface area contributed by atoms with E-state index in [1.54, 1.807) is 30.6 Å². The van der Waals surface area contributed by atoms with Gasteiger partial charge in [-0.05, 0) is 56.1 Å². The minimum absolute atomic E-state index is 0.0526. The molecule has 0 spiro atoms. The molecule has 2 fully saturated rings. The minimum Gasteiger partial charge on any atom is -0.482 e. The Balaban J connectivity index is 1.74. The van der Waals surface area contributed by atoms with Crippen LogP contribution in [0.4, 0.5) is 0 Å². The normalized spacial score (nSPS) is 32.4. The Morgan fingerprint density at radius 3 is 2.32 bits per heavy atom. The van der Waals surface area contributed by atoms with Crippen LogP contribution in [0, 0.1) is 22.7 Å². The number of nitrogens with zero attached hydrogens (tertiary/aromatic N) is 1. The summed E-state index contributed by atoms with van der Waals surface area (Å²) in [5.41, 5.74) is -3.16. The zero-order valence-corrected chi connectivity index (χ0v) is 28.0. The second kappa shape index (κ2) is 12.8. The van der Waals surface area contributed by atoms with E-state index < -0.39 is 76.1 Å². The summed E-state index contributed by atoms with van der Waals surface area (Å²) < 4.78 is 36.3. The van der Waals surface area contributed by atoms with Crippen LogP contribution < -0.4 is 10.4 Å². The molecule has 2 aromatic rings. The van der Waals surface area contributed by atoms with E-state index in [0.717, 1.165) is 0 Å². The topological polar surface area (TPSA) is 158 Å². The summed E-state index contributed by atoms with van der Waals surface area (Å²) >= 11 is 0. The van der Waals surface area contributed by atoms with Gasteiger partial charge >= 0.3 is 29.5 Å². The molecule has 0 unspecified atom stereocenters. The fourth-order valence-corrected chi connectivity index (χ4v) is 8.53. The van der Waals surface area contributed by atoms with E-state index in [1.807, 2.05) is 27.7 Å². The van der Waals surface area contributed by atoms with E-state index >= 15 is 0 Å². The molecule has 2 saturated carbocycles. The first-order valence-electron chi connectivity index (χ1n) is 16.1. The summed E-state index contributed by atoms with van der Waals surface area (Å²) in [6.45, 7) is 11.4. The summed E-state index contributed by atoms with van der Waals surface area (Å²) in [5.74, 6) is -2.83. The van der Waals surface area contributed by atoms with E-state index in [2.05, 4.69) is 4.98 Å². The van der Waals surface area contributed by atoms with Crippen molar-refractivity contribution >= 4 is 23.9 Å². The Morgan fingerprint density at radius 1 is 1.00 bits per heavy atom. The standard InChI is InChI=1S/C35H43NO11/c1-8-10-28(40)46-30-29-24(15-23(45-32(29)41)22-11-9-14-36-17-22)47-35(7)27(44-21(4)39)16-25-33(5,31(30)35)13-12-26(43-20(3)38)34(25,6)18-42-19(2)37/h9,11,14-15,17,25-27,30-31H,8,10,12-13,16,18H2,1-7H3/t25-,26+,27+,30+,31-,33+,34+,35-/m1/s1. The maximum atomic E-state index is 13.9. The molecule has 254 valence electrons. The third-order valence-electron chi connectivity index (χ3n) is 10.4. The zero-order valence-electron chi connectivity index (χ0n) is 28.0. The summed E-state index contributed by atoms with van der Waals surface area (Å²) in [6, 6.07) is 5.03. The highest BCUT2D eigenvalue weighted by Crippen LogP contribution is 2.68. The average molecular weight is 654 g/mol. The fourth-order valence-electron chi connectivity index (χ4n) is 8.53. The predicted molar refractivity (Wildman–Crippen MR) is 166 cm³/mol. The van der Waals surface area contributed by atoms with Gasteiger partial charge in [0.05, 0.1) is 0 Å². The third-order valence-corrected chi connectivity index (χ3v) is 10.4. The lowest BCUT2D eigenvalue weighted by Crippen LogP contribution is -2.71. The Bertz CT molecular complexity index is 1600. The molecule has 5 rings (SSSR count). The first-order valence-corrected chi connectivity index (χ1v) is 16.1. The number of carbonyl (C=O) groups excluding carboxylic acids is 4. The first-order chi connectivity index (χ1) is 22.1. The number of hydrogen-bond acceptors (Lipinski definition) is 12. The molecule has 8 atom stereocenters. The van der Waals surface area contributed by atoms with Crippen LogP contribution in [0.1, 0.15) is 92.2 Å². The van der Waals surface area contributed by atoms with Crippen molar-refractivity contribution in [1.82, 2.24) is 4.98 Å². The summed E-state index contributed by atoms with van der Waals surface area (Å²) in [4.78, 5) is 68.4. The van der Waals surface area contributed by atoms with Gasteiger partial charge in [-0.2, -0.15) is 0 Å². The first kappa shape index (κ1) is 34.1. The fraction of sp³-hybridized carbons (Fsp3) is 0.600. The minimum atomic E-state index is -1.29. The lowest BCUT2D eigenvalue weighted by molar-refractivity contribution is -0.273. The molecule has 0 N–H and O–H groups in total. The van der Waals surface area contributed by atoms with Crippen LogP contribution in [0.25, 0.3) is 11.3 Å². The molecule has 2 aliphatic carbocycles. The zero-order chi connectivity index (χ0) is 34.3. The average Bonchev–Trinajstić information content (AvgIpc) is 2.98. The van der Waals surface area contributed by atoms with E-state index in [9.17, 15) is 24.0 Å². The van der Waals surface area contributed by atoms with Gasteiger partial charge < -0.3 is 28.1 Å². The molecule has 47 heavy (non-hydrogen) atoms. The lowest BCUT2D eigenvalue weighted by atomic mass is 9.42. The summed E-state index contributed by atoms with van der Waals surface area (Å²) in [7, 11) is 0. The summed E-state index contributed by atoms with van der Waals surface area (Å²) in [6.07, 6.45) is 2.22. The number of ether oxygens (including phenoxy) is 5. The second-order valence-corrected chi connectivity index (χ2v) is 13.7. The van der Waals surface area contributed by atoms with Crippen molar-refractivity contribution in [3.63, 3.8) is 0 Å². The number of pyridine rings is 1. The van der Waals surface area contributed by atoms with E-state index in [4.69, 9.17) is 28.1 Å². The van der Waals surface area contributed by atoms with E-state index in [-0.39, 0.29) is 36.5 Å². The third kappa shape index (κ3) is 6.14. The highest BCUT2D eigenvalue weighted by molar-refractivity contribution is 5.70. The highest BCUT2D eigenvalue weighted by atomic mass is 16.6. The van der Waals surface area contributed by atoms with Crippen LogP contribution in [0.5, 0.6) is 5.75 Å². The van der Waals surface area contributed by atoms with Gasteiger partial charge in [0.25, 0.3) is 0 Å². The molecule has 1 aliphatic heterocycles. The molecular formula is C35H43NO11. The van der Waals surface area contributed by atoms with Gasteiger partial charge in [0.2, 0.25) is 0 Å². The lowest BCUT2D eigenvalue weighted by Gasteiger charge is -2.66. The molecule has 3 heterocycles. The van der Waals surface area contributed by atoms with Crippen LogP contribution in [0.15, 0.2) is 39.8 Å². The van der Waals surface area contributed by atoms with Gasteiger partial charge in [-0.1, -0.05) is 20.8 Å². The van der Waals surface area contributed by atoms with Crippen LogP contribution in [-0.2, 0) is 38.1 Å². The maximum Gasteiger partial charge on any atom is 0.347 e. The van der Waals surface area contributed by atoms with Crippen molar-refractivity contribution in [2.45, 2.75) is 104 Å². The largest absolute Gasteiger partial charge is 0.482 e. The van der Waals surface area contributed by atoms with Crippen molar-refractivity contribution in [2.75, 3.05) is 6.61 Å². The summed E-state index contributed by atoms with van der Waals surface area (Å²) in [5, 5.41) is 0. The highest BCUT2D eigenvalue weighted by Gasteiger charge is 2.71. The molecule has 0 saturated heterocycles. The molecule has 12 nitrogen and oxygen atoms in total. The van der Waals surface area contributed by atoms with Crippen LogP contribution in [0.2, 0.25) is 0 Å². The van der Waals surface area contributed by atoms with Crippen LogP contribution >= 0.6 is 0 Å². The molecule has 0 radical (unpaired) electrons. The SMILES string of the molecule is CCCC(=O)O[C@H]1c2c(cc(-c3cccnc3)oc2=O)O[C@]2(C)[C@@H](OC(C)=O)C[C@H]3[C@](C)(COC(C)=O)[C@@H](OC(C)=O)CC[C@]3(C)[C@@H]12. The molecule has 0 bridgehead atoms. The number of fused-ring (bicyclic) bond motifs is 4. The molecule has 12 heteroatoms. The van der Waals surface area contributed by atoms with Crippen molar-refractivity contribution in [3.8, 4) is 17.1 Å². The smallest absolute Gasteiger partial charge is 0.347 e. The molecule has 0 amide bonds. The maximum absolute atomic E-state index is 13.9. The number of carbonyl (C=O) groups is 4. The van der Waals surface area contributed by atoms with Crippen molar-refractivity contribution in [1.29, 1.82) is 0 Å². The van der Waals surface area contributed by atoms with Gasteiger partial charge in [-0.25, -0.2) is 4.79 Å². The van der Waals surface area contributed by atoms with Gasteiger partial charge in [-0.3, -0.25) is 24.2 Å². The van der Waals surface area contributed by atoms with E-state index in [1.165, 1.54) is 20.8 Å². The van der Waals surface area contributed by atoms with Gasteiger partial charge in [-0.15, -0.1) is 0 Å². The molecular weight excluding hydrogens is 610 g/mol. The quantitative estimate of drug-likeness (QED) is 0.274. The Hall–Kier alpha value is -4.22. The predicted octanol–water partition coefficient (Wildman–Crippen LogP) is 5.11. The van der Waals surface area contributed by atoms with E-state index in [0.29, 0.717) is 24.8 Å². The number of rotatable bonds is 8. The Kier molecular flexibility index (Phi) is 9.27. The van der Waals surface area contributed by atoms with Crippen molar-refractivity contribution < 1.29 is 47.3 Å². The number of aromatic nitrogens is 1. The van der Waals surface area contributed by atoms with Gasteiger partial charge in [0.15, 0.2) is 5.60 Å². The van der Waals surface area contributed by atoms with Gasteiger partial charge in [0.1, 0.15) is 42.0 Å².